The molecule has 0 atom stereocenters. The van der Waals surface area contributed by atoms with Crippen LogP contribution in [0.3, 0.4) is 0 Å². The van der Waals surface area contributed by atoms with Crippen molar-refractivity contribution >= 4 is 5.91 Å². The van der Waals surface area contributed by atoms with Crippen LogP contribution in [0, 0.1) is 0 Å². The summed E-state index contributed by atoms with van der Waals surface area (Å²) in [5.41, 5.74) is 0.917. The lowest BCUT2D eigenvalue weighted by molar-refractivity contribution is 0.0928. The number of nitrogens with one attached hydrogen (secondary N) is 1. The monoisotopic (exact) mass is 193 g/mol. The predicted octanol–water partition coefficient (Wildman–Crippen LogP) is 2.15. The highest BCUT2D eigenvalue weighted by Gasteiger charge is 2.09. The maximum absolute atomic E-state index is 11.4. The summed E-state index contributed by atoms with van der Waals surface area (Å²) in [6.45, 7) is 8.03. The molecule has 1 rings (SSSR count). The molecule has 0 aliphatic rings. The number of carbonyl (C=O) groups excluding carboxylic acids is 1. The van der Waals surface area contributed by atoms with E-state index in [1.807, 2.05) is 19.9 Å². The molecule has 1 amide bonds. The molecule has 0 saturated carbocycles. The van der Waals surface area contributed by atoms with Gasteiger partial charge in [0.05, 0.1) is 0 Å². The minimum Gasteiger partial charge on any atom is -0.456 e. The molecule has 0 radical (unpaired) electrons. The van der Waals surface area contributed by atoms with E-state index in [0.717, 1.165) is 17.8 Å². The molecule has 3 heteroatoms. The number of aryl methyl sites for hydroxylation is 1. The van der Waals surface area contributed by atoms with Gasteiger partial charge in [0, 0.05) is 13.0 Å². The quantitative estimate of drug-likeness (QED) is 0.744. The molecule has 1 N–H and O–H groups in total. The van der Waals surface area contributed by atoms with Gasteiger partial charge in [-0.05, 0) is 19.1 Å². The Bertz CT molecular complexity index is 339. The molecule has 0 aliphatic carbocycles. The molecule has 1 heterocycles. The Labute approximate surface area is 83.8 Å². The number of rotatable bonds is 4. The number of amides is 1. The maximum atomic E-state index is 11.4. The Kier molecular flexibility index (Phi) is 3.51. The Morgan fingerprint density at radius 2 is 2.29 bits per heavy atom. The zero-order valence-electron chi connectivity index (χ0n) is 8.59. The fourth-order valence-electron chi connectivity index (χ4n) is 1.01. The fourth-order valence-corrected chi connectivity index (χ4v) is 1.01. The normalized spacial score (nSPS) is 9.86. The van der Waals surface area contributed by atoms with E-state index in [4.69, 9.17) is 4.42 Å². The Morgan fingerprint density at radius 1 is 1.57 bits per heavy atom. The van der Waals surface area contributed by atoms with Gasteiger partial charge < -0.3 is 9.73 Å². The molecule has 3 nitrogen and oxygen atoms in total. The third-order valence-electron chi connectivity index (χ3n) is 1.78. The minimum atomic E-state index is -0.187. The first-order valence-electron chi connectivity index (χ1n) is 4.64. The molecule has 76 valence electrons. The molecule has 0 fully saturated rings. The summed E-state index contributed by atoms with van der Waals surface area (Å²) in [7, 11) is 0. The first-order chi connectivity index (χ1) is 6.63. The zero-order valence-corrected chi connectivity index (χ0v) is 8.59. The molecule has 0 bridgehead atoms. The van der Waals surface area contributed by atoms with E-state index < -0.39 is 0 Å². The summed E-state index contributed by atoms with van der Waals surface area (Å²) in [5.74, 6) is 1.00. The van der Waals surface area contributed by atoms with E-state index >= 15 is 0 Å². The Hall–Kier alpha value is -1.51. The van der Waals surface area contributed by atoms with Gasteiger partial charge in [-0.2, -0.15) is 0 Å². The highest BCUT2D eigenvalue weighted by atomic mass is 16.3. The summed E-state index contributed by atoms with van der Waals surface area (Å²) >= 11 is 0. The van der Waals surface area contributed by atoms with Crippen molar-refractivity contribution in [3.05, 3.63) is 35.8 Å². The van der Waals surface area contributed by atoms with Crippen molar-refractivity contribution in [3.8, 4) is 0 Å². The maximum Gasteiger partial charge on any atom is 0.287 e. The van der Waals surface area contributed by atoms with Crippen molar-refractivity contribution in [1.82, 2.24) is 5.32 Å². The topological polar surface area (TPSA) is 42.2 Å². The Morgan fingerprint density at radius 3 is 2.79 bits per heavy atom. The molecule has 1 aromatic heterocycles. The third-order valence-corrected chi connectivity index (χ3v) is 1.78. The molecular formula is C11H15NO2. The van der Waals surface area contributed by atoms with E-state index in [2.05, 4.69) is 11.9 Å². The smallest absolute Gasteiger partial charge is 0.287 e. The van der Waals surface area contributed by atoms with Gasteiger partial charge >= 0.3 is 0 Å². The summed E-state index contributed by atoms with van der Waals surface area (Å²) in [6, 6.07) is 3.50. The van der Waals surface area contributed by atoms with Gasteiger partial charge in [-0.3, -0.25) is 4.79 Å². The van der Waals surface area contributed by atoms with Gasteiger partial charge in [0.1, 0.15) is 5.76 Å². The van der Waals surface area contributed by atoms with E-state index in [1.165, 1.54) is 0 Å². The second-order valence-corrected chi connectivity index (χ2v) is 3.26. The van der Waals surface area contributed by atoms with Crippen molar-refractivity contribution in [2.45, 2.75) is 20.3 Å². The molecule has 1 aromatic rings. The first-order valence-corrected chi connectivity index (χ1v) is 4.64. The molecular weight excluding hydrogens is 178 g/mol. The molecule has 0 spiro atoms. The average molecular weight is 193 g/mol. The number of carbonyl (C=O) groups is 1. The lowest BCUT2D eigenvalue weighted by Crippen LogP contribution is -2.24. The SMILES string of the molecule is C=C(C)CNC(=O)c1ccc(CC)o1. The predicted molar refractivity (Wildman–Crippen MR) is 55.2 cm³/mol. The number of hydrogen-bond acceptors (Lipinski definition) is 2. The highest BCUT2D eigenvalue weighted by molar-refractivity contribution is 5.91. The van der Waals surface area contributed by atoms with Crippen LogP contribution < -0.4 is 5.32 Å². The van der Waals surface area contributed by atoms with E-state index in [9.17, 15) is 4.79 Å². The van der Waals surface area contributed by atoms with Gasteiger partial charge in [-0.1, -0.05) is 19.1 Å². The summed E-state index contributed by atoms with van der Waals surface area (Å²) < 4.78 is 5.29. The van der Waals surface area contributed by atoms with Gasteiger partial charge in [-0.25, -0.2) is 0 Å². The van der Waals surface area contributed by atoms with Crippen LogP contribution in [0.5, 0.6) is 0 Å². The van der Waals surface area contributed by atoms with E-state index in [0.29, 0.717) is 12.3 Å². The Balaban J connectivity index is 2.56. The summed E-state index contributed by atoms with van der Waals surface area (Å²) in [6.07, 6.45) is 0.799. The molecule has 0 saturated heterocycles. The molecule has 0 aromatic carbocycles. The number of hydrogen-bond donors (Lipinski definition) is 1. The minimum absolute atomic E-state index is 0.187. The van der Waals surface area contributed by atoms with Crippen LogP contribution in [0.25, 0.3) is 0 Å². The fraction of sp³-hybridized carbons (Fsp3) is 0.364. The molecule has 0 unspecified atom stereocenters. The van der Waals surface area contributed by atoms with Crippen molar-refractivity contribution < 1.29 is 9.21 Å². The molecule has 14 heavy (non-hydrogen) atoms. The zero-order chi connectivity index (χ0) is 10.6. The van der Waals surface area contributed by atoms with Crippen LogP contribution in [-0.2, 0) is 6.42 Å². The average Bonchev–Trinajstić information content (AvgIpc) is 2.62. The van der Waals surface area contributed by atoms with Crippen LogP contribution in [0.15, 0.2) is 28.7 Å². The lowest BCUT2D eigenvalue weighted by Gasteiger charge is -2.01. The number of furan rings is 1. The van der Waals surface area contributed by atoms with Crippen LogP contribution in [0.4, 0.5) is 0 Å². The summed E-state index contributed by atoms with van der Waals surface area (Å²) in [4.78, 5) is 11.4. The largest absolute Gasteiger partial charge is 0.456 e. The standard InChI is InChI=1S/C11H15NO2/c1-4-9-5-6-10(14-9)11(13)12-7-8(2)3/h5-6H,2,4,7H2,1,3H3,(H,12,13). The summed E-state index contributed by atoms with van der Waals surface area (Å²) in [5, 5.41) is 2.70. The van der Waals surface area contributed by atoms with Crippen LogP contribution in [0.2, 0.25) is 0 Å². The van der Waals surface area contributed by atoms with Gasteiger partial charge in [-0.15, -0.1) is 0 Å². The van der Waals surface area contributed by atoms with Crippen molar-refractivity contribution in [3.63, 3.8) is 0 Å². The highest BCUT2D eigenvalue weighted by Crippen LogP contribution is 2.07. The van der Waals surface area contributed by atoms with E-state index in [-0.39, 0.29) is 5.91 Å². The van der Waals surface area contributed by atoms with E-state index in [1.54, 1.807) is 6.07 Å². The molecule has 0 aliphatic heterocycles. The third kappa shape index (κ3) is 2.76. The van der Waals surface area contributed by atoms with Gasteiger partial charge in [0.25, 0.3) is 5.91 Å². The van der Waals surface area contributed by atoms with Crippen LogP contribution >= 0.6 is 0 Å². The first kappa shape index (κ1) is 10.6. The second kappa shape index (κ2) is 4.65. The van der Waals surface area contributed by atoms with Crippen molar-refractivity contribution in [2.75, 3.05) is 6.54 Å². The van der Waals surface area contributed by atoms with Crippen molar-refractivity contribution in [2.24, 2.45) is 0 Å². The van der Waals surface area contributed by atoms with Gasteiger partial charge in [0.15, 0.2) is 5.76 Å². The van der Waals surface area contributed by atoms with Gasteiger partial charge in [0.2, 0.25) is 0 Å². The van der Waals surface area contributed by atoms with Crippen molar-refractivity contribution in [1.29, 1.82) is 0 Å². The van der Waals surface area contributed by atoms with Crippen LogP contribution in [0.1, 0.15) is 30.2 Å². The second-order valence-electron chi connectivity index (χ2n) is 3.26. The lowest BCUT2D eigenvalue weighted by atomic mass is 10.3. The van der Waals surface area contributed by atoms with Crippen LogP contribution in [-0.4, -0.2) is 12.5 Å².